The van der Waals surface area contributed by atoms with E-state index in [0.29, 0.717) is 45.6 Å². The van der Waals surface area contributed by atoms with E-state index >= 15 is 0 Å². The number of hydrogen-bond donors (Lipinski definition) is 0. The third-order valence-electron chi connectivity index (χ3n) is 5.02. The van der Waals surface area contributed by atoms with Gasteiger partial charge >= 0.3 is 12.1 Å². The molecule has 1 fully saturated rings. The summed E-state index contributed by atoms with van der Waals surface area (Å²) in [6.07, 6.45) is -0.0557. The summed E-state index contributed by atoms with van der Waals surface area (Å²) >= 11 is 0. The van der Waals surface area contributed by atoms with E-state index < -0.39 is 11.7 Å². The summed E-state index contributed by atoms with van der Waals surface area (Å²) in [5.74, 6) is -0.0584. The van der Waals surface area contributed by atoms with Crippen molar-refractivity contribution >= 4 is 17.6 Å². The number of rotatable bonds is 9. The molecule has 29 heavy (non-hydrogen) atoms. The highest BCUT2D eigenvalue weighted by molar-refractivity contribution is 5.76. The van der Waals surface area contributed by atoms with Crippen molar-refractivity contribution in [2.45, 2.75) is 51.6 Å². The quantitative estimate of drug-likeness (QED) is 0.448. The van der Waals surface area contributed by atoms with E-state index in [9.17, 15) is 22.8 Å². The number of carbonyl (C=O) groups excluding carboxylic acids is 2. The number of esters is 1. The van der Waals surface area contributed by atoms with Gasteiger partial charge in [0, 0.05) is 44.7 Å². The van der Waals surface area contributed by atoms with Crippen LogP contribution in [0.4, 0.5) is 18.9 Å². The van der Waals surface area contributed by atoms with Gasteiger partial charge in [0.05, 0.1) is 12.2 Å². The number of amides is 1. The Kier molecular flexibility index (Phi) is 8.79. The fraction of sp³-hybridized carbons (Fsp3) is 0.619. The van der Waals surface area contributed by atoms with Gasteiger partial charge in [-0.1, -0.05) is 12.8 Å². The van der Waals surface area contributed by atoms with Crippen LogP contribution in [0.3, 0.4) is 0 Å². The van der Waals surface area contributed by atoms with Crippen molar-refractivity contribution in [2.75, 3.05) is 37.7 Å². The minimum absolute atomic E-state index is 0.113. The summed E-state index contributed by atoms with van der Waals surface area (Å²) in [6.45, 7) is 4.55. The predicted molar refractivity (Wildman–Crippen MR) is 105 cm³/mol. The monoisotopic (exact) mass is 414 g/mol. The molecule has 1 amide bonds. The number of unbranched alkanes of at least 4 members (excludes halogenated alkanes) is 3. The second-order valence-electron chi connectivity index (χ2n) is 7.13. The van der Waals surface area contributed by atoms with Crippen LogP contribution >= 0.6 is 0 Å². The second kappa shape index (κ2) is 11.1. The van der Waals surface area contributed by atoms with Crippen molar-refractivity contribution in [3.05, 3.63) is 29.8 Å². The Morgan fingerprint density at radius 3 is 2.07 bits per heavy atom. The van der Waals surface area contributed by atoms with Gasteiger partial charge in [-0.25, -0.2) is 0 Å². The molecule has 0 saturated carbocycles. The van der Waals surface area contributed by atoms with Crippen molar-refractivity contribution in [3.63, 3.8) is 0 Å². The van der Waals surface area contributed by atoms with Gasteiger partial charge in [-0.15, -0.1) is 0 Å². The summed E-state index contributed by atoms with van der Waals surface area (Å²) in [5, 5.41) is 0. The number of ether oxygens (including phenoxy) is 1. The molecule has 0 aliphatic carbocycles. The molecule has 0 bridgehead atoms. The topological polar surface area (TPSA) is 49.9 Å². The number of nitrogens with zero attached hydrogens (tertiary/aromatic N) is 2. The average molecular weight is 414 g/mol. The first kappa shape index (κ1) is 23.0. The summed E-state index contributed by atoms with van der Waals surface area (Å²) < 4.78 is 42.9. The van der Waals surface area contributed by atoms with Gasteiger partial charge in [0.25, 0.3) is 0 Å². The molecule has 0 N–H and O–H groups in total. The minimum atomic E-state index is -4.33. The van der Waals surface area contributed by atoms with Crippen LogP contribution in [-0.4, -0.2) is 49.6 Å². The molecule has 0 atom stereocenters. The van der Waals surface area contributed by atoms with Crippen LogP contribution in [-0.2, 0) is 20.5 Å². The van der Waals surface area contributed by atoms with Crippen molar-refractivity contribution in [1.82, 2.24) is 4.90 Å². The number of halogens is 3. The zero-order valence-corrected chi connectivity index (χ0v) is 16.8. The molecular formula is C21H29F3N2O3. The lowest BCUT2D eigenvalue weighted by molar-refractivity contribution is -0.143. The van der Waals surface area contributed by atoms with E-state index in [1.165, 1.54) is 12.1 Å². The molecule has 5 nitrogen and oxygen atoms in total. The Balaban J connectivity index is 1.64. The van der Waals surface area contributed by atoms with E-state index in [1.807, 2.05) is 9.80 Å². The fourth-order valence-corrected chi connectivity index (χ4v) is 3.37. The first-order valence-electron chi connectivity index (χ1n) is 10.2. The Hall–Kier alpha value is -2.25. The molecule has 0 spiro atoms. The van der Waals surface area contributed by atoms with Crippen molar-refractivity contribution in [3.8, 4) is 0 Å². The Morgan fingerprint density at radius 1 is 0.931 bits per heavy atom. The van der Waals surface area contributed by atoms with E-state index in [4.69, 9.17) is 4.74 Å². The van der Waals surface area contributed by atoms with Gasteiger partial charge in [-0.3, -0.25) is 9.59 Å². The van der Waals surface area contributed by atoms with E-state index in [2.05, 4.69) is 0 Å². The van der Waals surface area contributed by atoms with E-state index in [-0.39, 0.29) is 11.9 Å². The molecule has 1 aliphatic rings. The summed E-state index contributed by atoms with van der Waals surface area (Å²) in [6, 6.07) is 5.15. The number of hydrogen-bond acceptors (Lipinski definition) is 4. The zero-order chi connectivity index (χ0) is 21.3. The number of alkyl halides is 3. The lowest BCUT2D eigenvalue weighted by Gasteiger charge is -2.36. The number of carbonyl (C=O) groups is 2. The predicted octanol–water partition coefficient (Wildman–Crippen LogP) is 4.26. The van der Waals surface area contributed by atoms with E-state index in [1.54, 1.807) is 6.92 Å². The lowest BCUT2D eigenvalue weighted by Crippen LogP contribution is -2.48. The number of piperazine rings is 1. The first-order valence-corrected chi connectivity index (χ1v) is 10.2. The maximum absolute atomic E-state index is 12.7. The molecule has 0 unspecified atom stereocenters. The molecular weight excluding hydrogens is 385 g/mol. The largest absolute Gasteiger partial charge is 0.466 e. The van der Waals surface area contributed by atoms with Crippen LogP contribution in [0, 0.1) is 0 Å². The zero-order valence-electron chi connectivity index (χ0n) is 16.8. The number of anilines is 1. The van der Waals surface area contributed by atoms with Gasteiger partial charge in [-0.05, 0) is 44.0 Å². The minimum Gasteiger partial charge on any atom is -0.466 e. The van der Waals surface area contributed by atoms with Crippen LogP contribution in [0.25, 0.3) is 0 Å². The number of benzene rings is 1. The molecule has 1 aromatic carbocycles. The molecule has 1 heterocycles. The maximum Gasteiger partial charge on any atom is 0.416 e. The molecule has 1 aliphatic heterocycles. The first-order chi connectivity index (χ1) is 13.8. The van der Waals surface area contributed by atoms with Gasteiger partial charge in [-0.2, -0.15) is 13.2 Å². The van der Waals surface area contributed by atoms with Crippen LogP contribution in [0.1, 0.15) is 51.0 Å². The van der Waals surface area contributed by atoms with Gasteiger partial charge in [0.15, 0.2) is 0 Å². The smallest absolute Gasteiger partial charge is 0.416 e. The van der Waals surface area contributed by atoms with E-state index in [0.717, 1.165) is 43.5 Å². The van der Waals surface area contributed by atoms with Gasteiger partial charge in [0.2, 0.25) is 5.91 Å². The summed E-state index contributed by atoms with van der Waals surface area (Å²) in [4.78, 5) is 27.4. The Bertz CT molecular complexity index is 654. The third kappa shape index (κ3) is 7.59. The Labute approximate surface area is 169 Å². The second-order valence-corrected chi connectivity index (χ2v) is 7.13. The van der Waals surface area contributed by atoms with Gasteiger partial charge in [0.1, 0.15) is 0 Å². The standard InChI is InChI=1S/C21H29F3N2O3/c1-2-29-20(28)8-6-4-3-5-7-19(27)26-15-13-25(14-16-26)18-11-9-17(10-12-18)21(22,23)24/h9-12H,2-8,13-16H2,1H3. The van der Waals surface area contributed by atoms with Crippen molar-refractivity contribution < 1.29 is 27.5 Å². The SMILES string of the molecule is CCOC(=O)CCCCCCC(=O)N1CCN(c2ccc(C(F)(F)F)cc2)CC1. The van der Waals surface area contributed by atoms with Gasteiger partial charge < -0.3 is 14.5 Å². The molecule has 162 valence electrons. The fourth-order valence-electron chi connectivity index (χ4n) is 3.37. The molecule has 0 radical (unpaired) electrons. The van der Waals surface area contributed by atoms with Crippen LogP contribution in [0.5, 0.6) is 0 Å². The highest BCUT2D eigenvalue weighted by Gasteiger charge is 2.30. The molecule has 2 rings (SSSR count). The summed E-state index contributed by atoms with van der Waals surface area (Å²) in [7, 11) is 0. The highest BCUT2D eigenvalue weighted by atomic mass is 19.4. The molecule has 8 heteroatoms. The lowest BCUT2D eigenvalue weighted by atomic mass is 10.1. The van der Waals surface area contributed by atoms with Crippen LogP contribution in [0.15, 0.2) is 24.3 Å². The van der Waals surface area contributed by atoms with Crippen molar-refractivity contribution in [2.24, 2.45) is 0 Å². The molecule has 0 aromatic heterocycles. The molecule has 1 saturated heterocycles. The normalized spacial score (nSPS) is 14.8. The van der Waals surface area contributed by atoms with Crippen LogP contribution in [0.2, 0.25) is 0 Å². The highest BCUT2D eigenvalue weighted by Crippen LogP contribution is 2.30. The third-order valence-corrected chi connectivity index (χ3v) is 5.02. The Morgan fingerprint density at radius 2 is 1.52 bits per heavy atom. The van der Waals surface area contributed by atoms with Crippen LogP contribution < -0.4 is 4.90 Å². The molecule has 1 aromatic rings. The maximum atomic E-state index is 12.7. The summed E-state index contributed by atoms with van der Waals surface area (Å²) in [5.41, 5.74) is 0.0871. The average Bonchev–Trinajstić information content (AvgIpc) is 2.70. The van der Waals surface area contributed by atoms with Crippen molar-refractivity contribution in [1.29, 1.82) is 0 Å².